The van der Waals surface area contributed by atoms with Gasteiger partial charge in [0, 0.05) is 12.2 Å². The third-order valence-electron chi connectivity index (χ3n) is 1.33. The molecule has 0 saturated heterocycles. The molecule has 0 amide bonds. The second-order valence-corrected chi connectivity index (χ2v) is 2.03. The van der Waals surface area contributed by atoms with Gasteiger partial charge in [0.15, 0.2) is 0 Å². The average molecular weight is 136 g/mol. The fourth-order valence-corrected chi connectivity index (χ4v) is 0.777. The van der Waals surface area contributed by atoms with Crippen LogP contribution in [-0.4, -0.2) is 6.54 Å². The van der Waals surface area contributed by atoms with Gasteiger partial charge in [-0.2, -0.15) is 0 Å². The normalized spacial score (nSPS) is 9.40. The number of nitrogens with zero attached hydrogens (tertiary/aromatic N) is 1. The van der Waals surface area contributed by atoms with Gasteiger partial charge in [-0.05, 0) is 19.1 Å². The van der Waals surface area contributed by atoms with E-state index in [1.807, 2.05) is 25.1 Å². The van der Waals surface area contributed by atoms with E-state index in [4.69, 9.17) is 0 Å². The number of benzene rings is 1. The smallest absolute Gasteiger partial charge is 0.0259 e. The minimum absolute atomic E-state index is 0.504. The van der Waals surface area contributed by atoms with E-state index in [0.717, 1.165) is 10.8 Å². The molecule has 0 fully saturated rings. The summed E-state index contributed by atoms with van der Waals surface area (Å²) in [5.41, 5.74) is 0.727. The number of hydrogen-bond donors (Lipinski definition) is 0. The fourth-order valence-electron chi connectivity index (χ4n) is 0.777. The van der Waals surface area contributed by atoms with Gasteiger partial charge in [0.2, 0.25) is 0 Å². The summed E-state index contributed by atoms with van der Waals surface area (Å²) in [4.78, 5) is 0. The van der Waals surface area contributed by atoms with E-state index >= 15 is 0 Å². The molecule has 2 heteroatoms. The van der Waals surface area contributed by atoms with Gasteiger partial charge in [-0.1, -0.05) is 18.2 Å². The standard InChI is InChI=1S/C8H10NO/c1-2-9(10)8-6-4-3-5-7-8/h3-7H,2H2,1H3/q-1. The van der Waals surface area contributed by atoms with E-state index in [9.17, 15) is 5.21 Å². The second-order valence-electron chi connectivity index (χ2n) is 2.03. The molecule has 0 radical (unpaired) electrons. The van der Waals surface area contributed by atoms with E-state index in [-0.39, 0.29) is 0 Å². The number of anilines is 1. The lowest BCUT2D eigenvalue weighted by atomic mass is 10.3. The molecule has 1 aromatic carbocycles. The van der Waals surface area contributed by atoms with Crippen LogP contribution in [0.3, 0.4) is 0 Å². The maximum absolute atomic E-state index is 10.9. The second kappa shape index (κ2) is 3.22. The lowest BCUT2D eigenvalue weighted by Gasteiger charge is -2.28. The molecule has 0 bridgehead atoms. The molecule has 0 saturated carbocycles. The van der Waals surface area contributed by atoms with Crippen molar-refractivity contribution >= 4 is 5.69 Å². The molecule has 1 rings (SSSR count). The molecule has 0 heterocycles. The quantitative estimate of drug-likeness (QED) is 0.581. The van der Waals surface area contributed by atoms with Crippen molar-refractivity contribution in [1.82, 2.24) is 0 Å². The predicted molar refractivity (Wildman–Crippen MR) is 42.8 cm³/mol. The van der Waals surface area contributed by atoms with E-state index in [1.54, 1.807) is 12.1 Å². The van der Waals surface area contributed by atoms with Gasteiger partial charge in [-0.25, -0.2) is 0 Å². The first kappa shape index (κ1) is 7.09. The summed E-state index contributed by atoms with van der Waals surface area (Å²) in [5.74, 6) is 0. The lowest BCUT2D eigenvalue weighted by Crippen LogP contribution is -2.12. The van der Waals surface area contributed by atoms with Crippen LogP contribution in [0.25, 0.3) is 0 Å². The van der Waals surface area contributed by atoms with E-state index < -0.39 is 0 Å². The molecule has 0 N–H and O–H groups in total. The van der Waals surface area contributed by atoms with Crippen molar-refractivity contribution in [2.45, 2.75) is 6.92 Å². The minimum atomic E-state index is 0.504. The third kappa shape index (κ3) is 1.48. The fraction of sp³-hybridized carbons (Fsp3) is 0.250. The van der Waals surface area contributed by atoms with E-state index in [1.165, 1.54) is 0 Å². The van der Waals surface area contributed by atoms with Crippen LogP contribution < -0.4 is 5.06 Å². The third-order valence-corrected chi connectivity index (χ3v) is 1.33. The molecule has 0 atom stereocenters. The van der Waals surface area contributed by atoms with Crippen LogP contribution in [0.4, 0.5) is 5.69 Å². The highest BCUT2D eigenvalue weighted by molar-refractivity contribution is 5.46. The summed E-state index contributed by atoms with van der Waals surface area (Å²) in [6.07, 6.45) is 0. The molecule has 0 aliphatic carbocycles. The van der Waals surface area contributed by atoms with Crippen LogP contribution in [0.1, 0.15) is 6.92 Å². The van der Waals surface area contributed by atoms with Crippen molar-refractivity contribution in [2.24, 2.45) is 0 Å². The number of hydroxylamine groups is 1. The molecular formula is C8H10NO-. The molecule has 0 unspecified atom stereocenters. The SMILES string of the molecule is CCN([O-])c1ccccc1. The van der Waals surface area contributed by atoms with Crippen molar-refractivity contribution in [1.29, 1.82) is 0 Å². The Morgan fingerprint density at radius 3 is 2.40 bits per heavy atom. The highest BCUT2D eigenvalue weighted by atomic mass is 16.5. The molecule has 10 heavy (non-hydrogen) atoms. The molecule has 0 aliphatic rings. The topological polar surface area (TPSA) is 26.3 Å². The van der Waals surface area contributed by atoms with Crippen LogP contribution in [0.5, 0.6) is 0 Å². The molecule has 0 aromatic heterocycles. The summed E-state index contributed by atoms with van der Waals surface area (Å²) < 4.78 is 0. The molecule has 2 nitrogen and oxygen atoms in total. The highest BCUT2D eigenvalue weighted by Crippen LogP contribution is 2.10. The number of rotatable bonds is 2. The molecule has 0 spiro atoms. The van der Waals surface area contributed by atoms with Gasteiger partial charge in [-0.15, -0.1) is 0 Å². The van der Waals surface area contributed by atoms with Gasteiger partial charge in [0.1, 0.15) is 0 Å². The summed E-state index contributed by atoms with van der Waals surface area (Å²) in [6.45, 7) is 2.34. The number of para-hydroxylation sites is 1. The summed E-state index contributed by atoms with van der Waals surface area (Å²) in [5, 5.41) is 11.9. The Bertz CT molecular complexity index is 186. The van der Waals surface area contributed by atoms with Crippen LogP contribution in [0.2, 0.25) is 0 Å². The van der Waals surface area contributed by atoms with E-state index in [2.05, 4.69) is 0 Å². The Morgan fingerprint density at radius 2 is 1.90 bits per heavy atom. The molecule has 1 aromatic rings. The Labute approximate surface area is 60.7 Å². The first-order valence-electron chi connectivity index (χ1n) is 3.34. The minimum Gasteiger partial charge on any atom is -0.758 e. The lowest BCUT2D eigenvalue weighted by molar-refractivity contribution is 1.02. The van der Waals surface area contributed by atoms with Crippen molar-refractivity contribution in [3.05, 3.63) is 35.5 Å². The molecular weight excluding hydrogens is 126 g/mol. The van der Waals surface area contributed by atoms with Crippen LogP contribution in [0.15, 0.2) is 30.3 Å². The van der Waals surface area contributed by atoms with Gasteiger partial charge in [0.25, 0.3) is 0 Å². The predicted octanol–water partition coefficient (Wildman–Crippen LogP) is 2.01. The Morgan fingerprint density at radius 1 is 1.30 bits per heavy atom. The summed E-state index contributed by atoms with van der Waals surface area (Å²) in [6, 6.07) is 9.21. The zero-order valence-electron chi connectivity index (χ0n) is 5.95. The molecule has 0 aliphatic heterocycles. The summed E-state index contributed by atoms with van der Waals surface area (Å²) in [7, 11) is 0. The average Bonchev–Trinajstić information content (AvgIpc) is 2.05. The van der Waals surface area contributed by atoms with Crippen molar-refractivity contribution < 1.29 is 0 Å². The zero-order valence-corrected chi connectivity index (χ0v) is 5.95. The Hall–Kier alpha value is -1.02. The largest absolute Gasteiger partial charge is 0.758 e. The maximum atomic E-state index is 10.9. The Kier molecular flexibility index (Phi) is 2.29. The molecule has 54 valence electrons. The van der Waals surface area contributed by atoms with Gasteiger partial charge < -0.3 is 10.3 Å². The Balaban J connectivity index is 2.75. The van der Waals surface area contributed by atoms with Crippen molar-refractivity contribution in [2.75, 3.05) is 11.6 Å². The van der Waals surface area contributed by atoms with Gasteiger partial charge in [0.05, 0.1) is 0 Å². The zero-order chi connectivity index (χ0) is 7.40. The van der Waals surface area contributed by atoms with Gasteiger partial charge in [-0.3, -0.25) is 0 Å². The first-order chi connectivity index (χ1) is 4.84. The van der Waals surface area contributed by atoms with Crippen LogP contribution in [-0.2, 0) is 0 Å². The summed E-state index contributed by atoms with van der Waals surface area (Å²) >= 11 is 0. The van der Waals surface area contributed by atoms with Crippen molar-refractivity contribution in [3.63, 3.8) is 0 Å². The van der Waals surface area contributed by atoms with Crippen LogP contribution >= 0.6 is 0 Å². The van der Waals surface area contributed by atoms with Crippen molar-refractivity contribution in [3.8, 4) is 0 Å². The maximum Gasteiger partial charge on any atom is 0.0259 e. The number of hydrogen-bond acceptors (Lipinski definition) is 2. The van der Waals surface area contributed by atoms with E-state index in [0.29, 0.717) is 6.54 Å². The highest BCUT2D eigenvalue weighted by Gasteiger charge is 1.87. The van der Waals surface area contributed by atoms with Gasteiger partial charge >= 0.3 is 0 Å². The van der Waals surface area contributed by atoms with Crippen LogP contribution in [0, 0.1) is 5.21 Å². The monoisotopic (exact) mass is 136 g/mol. The first-order valence-corrected chi connectivity index (χ1v) is 3.34.